The minimum atomic E-state index is 0.00650. The standard InChI is InChI=1S/C15H22N2O2/c1-10-5-12(19-16-10)13(18)17-9-15(4)7-11(17)6-14(2,3)8-15/h5,11H,6-9H2,1-4H3/t11-,15-/m1/s1. The lowest BCUT2D eigenvalue weighted by Crippen LogP contribution is -2.37. The van der Waals surface area contributed by atoms with Gasteiger partial charge in [-0.25, -0.2) is 0 Å². The highest BCUT2D eigenvalue weighted by atomic mass is 16.5. The Kier molecular flexibility index (Phi) is 2.57. The van der Waals surface area contributed by atoms with Crippen LogP contribution in [0, 0.1) is 17.8 Å². The average molecular weight is 262 g/mol. The molecule has 0 radical (unpaired) electrons. The molecule has 1 aliphatic carbocycles. The van der Waals surface area contributed by atoms with Crippen molar-refractivity contribution in [2.75, 3.05) is 6.54 Å². The second-order valence-electron chi connectivity index (χ2n) is 7.48. The zero-order valence-electron chi connectivity index (χ0n) is 12.2. The Hall–Kier alpha value is -1.32. The maximum absolute atomic E-state index is 12.5. The summed E-state index contributed by atoms with van der Waals surface area (Å²) >= 11 is 0. The summed E-state index contributed by atoms with van der Waals surface area (Å²) in [4.78, 5) is 14.6. The van der Waals surface area contributed by atoms with Crippen LogP contribution in [0.5, 0.6) is 0 Å². The van der Waals surface area contributed by atoms with Crippen LogP contribution in [0.4, 0.5) is 0 Å². The molecule has 1 aliphatic heterocycles. The van der Waals surface area contributed by atoms with Crippen molar-refractivity contribution in [2.45, 2.75) is 53.0 Å². The molecule has 2 atom stereocenters. The predicted molar refractivity (Wildman–Crippen MR) is 71.8 cm³/mol. The summed E-state index contributed by atoms with van der Waals surface area (Å²) in [5.41, 5.74) is 1.35. The molecular weight excluding hydrogens is 240 g/mol. The molecular formula is C15H22N2O2. The fourth-order valence-electron chi connectivity index (χ4n) is 4.30. The second kappa shape index (κ2) is 3.84. The van der Waals surface area contributed by atoms with Crippen LogP contribution in [-0.4, -0.2) is 28.6 Å². The van der Waals surface area contributed by atoms with E-state index in [-0.39, 0.29) is 11.3 Å². The number of nitrogens with zero attached hydrogens (tertiary/aromatic N) is 2. The van der Waals surface area contributed by atoms with E-state index in [1.807, 2.05) is 11.8 Å². The normalized spacial score (nSPS) is 32.6. The first-order chi connectivity index (χ1) is 8.78. The van der Waals surface area contributed by atoms with Gasteiger partial charge in [0.2, 0.25) is 5.76 Å². The van der Waals surface area contributed by atoms with Gasteiger partial charge in [-0.15, -0.1) is 0 Å². The molecule has 0 aromatic carbocycles. The molecule has 19 heavy (non-hydrogen) atoms. The number of rotatable bonds is 1. The topological polar surface area (TPSA) is 46.3 Å². The summed E-state index contributed by atoms with van der Waals surface area (Å²) in [7, 11) is 0. The molecule has 4 heteroatoms. The van der Waals surface area contributed by atoms with Crippen LogP contribution in [-0.2, 0) is 0 Å². The summed E-state index contributed by atoms with van der Waals surface area (Å²) in [6.45, 7) is 9.61. The third kappa shape index (κ3) is 2.17. The summed E-state index contributed by atoms with van der Waals surface area (Å²) in [5.74, 6) is 0.387. The molecule has 2 aliphatic rings. The van der Waals surface area contributed by atoms with E-state index in [1.165, 1.54) is 6.42 Å². The van der Waals surface area contributed by atoms with Gasteiger partial charge in [-0.05, 0) is 37.0 Å². The molecule has 0 N–H and O–H groups in total. The molecule has 3 rings (SSSR count). The van der Waals surface area contributed by atoms with Gasteiger partial charge in [0.25, 0.3) is 5.91 Å². The van der Waals surface area contributed by atoms with Gasteiger partial charge in [0.05, 0.1) is 5.69 Å². The number of hydrogen-bond acceptors (Lipinski definition) is 3. The quantitative estimate of drug-likeness (QED) is 0.781. The molecule has 0 spiro atoms. The molecule has 104 valence electrons. The Morgan fingerprint density at radius 1 is 1.42 bits per heavy atom. The predicted octanol–water partition coefficient (Wildman–Crippen LogP) is 3.02. The Morgan fingerprint density at radius 2 is 2.16 bits per heavy atom. The largest absolute Gasteiger partial charge is 0.351 e. The number of aromatic nitrogens is 1. The highest BCUT2D eigenvalue weighted by molar-refractivity contribution is 5.92. The summed E-state index contributed by atoms with van der Waals surface area (Å²) < 4.78 is 5.13. The summed E-state index contributed by atoms with van der Waals surface area (Å²) in [6.07, 6.45) is 3.40. The van der Waals surface area contributed by atoms with E-state index in [9.17, 15) is 4.79 Å². The van der Waals surface area contributed by atoms with E-state index in [0.717, 1.165) is 25.1 Å². The number of carbonyl (C=O) groups excluding carboxylic acids is 1. The highest BCUT2D eigenvalue weighted by Crippen LogP contribution is 2.52. The average Bonchev–Trinajstić information content (AvgIpc) is 2.78. The summed E-state index contributed by atoms with van der Waals surface area (Å²) in [5, 5.41) is 3.82. The molecule has 1 aromatic rings. The molecule has 0 unspecified atom stereocenters. The molecule has 1 aromatic heterocycles. The summed E-state index contributed by atoms with van der Waals surface area (Å²) in [6, 6.07) is 2.09. The smallest absolute Gasteiger partial charge is 0.292 e. The molecule has 1 saturated heterocycles. The monoisotopic (exact) mass is 262 g/mol. The number of carbonyl (C=O) groups is 1. The van der Waals surface area contributed by atoms with Crippen molar-refractivity contribution in [2.24, 2.45) is 10.8 Å². The molecule has 2 fully saturated rings. The van der Waals surface area contributed by atoms with Crippen molar-refractivity contribution in [3.63, 3.8) is 0 Å². The van der Waals surface area contributed by atoms with E-state index >= 15 is 0 Å². The zero-order valence-corrected chi connectivity index (χ0v) is 12.2. The number of amides is 1. The Morgan fingerprint density at radius 3 is 2.79 bits per heavy atom. The number of hydrogen-bond donors (Lipinski definition) is 0. The van der Waals surface area contributed by atoms with Gasteiger partial charge in [0.1, 0.15) is 0 Å². The van der Waals surface area contributed by atoms with Gasteiger partial charge >= 0.3 is 0 Å². The Balaban J connectivity index is 1.86. The fraction of sp³-hybridized carbons (Fsp3) is 0.733. The minimum Gasteiger partial charge on any atom is -0.351 e. The van der Waals surface area contributed by atoms with Crippen LogP contribution in [0.15, 0.2) is 10.6 Å². The molecule has 4 nitrogen and oxygen atoms in total. The van der Waals surface area contributed by atoms with E-state index < -0.39 is 0 Å². The molecule has 1 saturated carbocycles. The van der Waals surface area contributed by atoms with Crippen LogP contribution in [0.3, 0.4) is 0 Å². The lowest BCUT2D eigenvalue weighted by Gasteiger charge is -2.39. The van der Waals surface area contributed by atoms with Crippen LogP contribution < -0.4 is 0 Å². The molecule has 1 amide bonds. The zero-order chi connectivity index (χ0) is 13.8. The van der Waals surface area contributed by atoms with E-state index in [4.69, 9.17) is 4.52 Å². The first-order valence-corrected chi connectivity index (χ1v) is 7.02. The van der Waals surface area contributed by atoms with Gasteiger partial charge in [-0.3, -0.25) is 4.79 Å². The first-order valence-electron chi connectivity index (χ1n) is 7.02. The van der Waals surface area contributed by atoms with Crippen LogP contribution in [0.2, 0.25) is 0 Å². The van der Waals surface area contributed by atoms with Gasteiger partial charge in [0.15, 0.2) is 0 Å². The third-order valence-corrected chi connectivity index (χ3v) is 4.51. The maximum Gasteiger partial charge on any atom is 0.292 e. The van der Waals surface area contributed by atoms with Crippen molar-refractivity contribution in [1.82, 2.24) is 10.1 Å². The minimum absolute atomic E-state index is 0.00650. The van der Waals surface area contributed by atoms with Crippen molar-refractivity contribution in [1.29, 1.82) is 0 Å². The number of likely N-dealkylation sites (tertiary alicyclic amines) is 1. The third-order valence-electron chi connectivity index (χ3n) is 4.51. The van der Waals surface area contributed by atoms with Crippen molar-refractivity contribution in [3.05, 3.63) is 17.5 Å². The fourth-order valence-corrected chi connectivity index (χ4v) is 4.30. The van der Waals surface area contributed by atoms with Gasteiger partial charge in [-0.2, -0.15) is 0 Å². The number of fused-ring (bicyclic) bond motifs is 2. The lowest BCUT2D eigenvalue weighted by molar-refractivity contribution is 0.0667. The van der Waals surface area contributed by atoms with Crippen molar-refractivity contribution >= 4 is 5.91 Å². The molecule has 2 bridgehead atoms. The van der Waals surface area contributed by atoms with Crippen molar-refractivity contribution < 1.29 is 9.32 Å². The van der Waals surface area contributed by atoms with E-state index in [2.05, 4.69) is 25.9 Å². The number of aryl methyl sites for hydroxylation is 1. The SMILES string of the molecule is Cc1cc(C(=O)N2C[C@]3(C)C[C@H]2CC(C)(C)C3)on1. The Bertz CT molecular complexity index is 520. The van der Waals surface area contributed by atoms with Crippen molar-refractivity contribution in [3.8, 4) is 0 Å². The second-order valence-corrected chi connectivity index (χ2v) is 7.48. The van der Waals surface area contributed by atoms with Crippen LogP contribution >= 0.6 is 0 Å². The van der Waals surface area contributed by atoms with E-state index in [1.54, 1.807) is 6.07 Å². The van der Waals surface area contributed by atoms with E-state index in [0.29, 0.717) is 17.2 Å². The maximum atomic E-state index is 12.5. The molecule has 2 heterocycles. The van der Waals surface area contributed by atoms with Crippen LogP contribution in [0.1, 0.15) is 56.3 Å². The van der Waals surface area contributed by atoms with Crippen LogP contribution in [0.25, 0.3) is 0 Å². The Labute approximate surface area is 114 Å². The van der Waals surface area contributed by atoms with Gasteiger partial charge < -0.3 is 9.42 Å². The highest BCUT2D eigenvalue weighted by Gasteiger charge is 2.51. The lowest BCUT2D eigenvalue weighted by atomic mass is 9.65. The van der Waals surface area contributed by atoms with Gasteiger partial charge in [0, 0.05) is 18.7 Å². The van der Waals surface area contributed by atoms with Gasteiger partial charge in [-0.1, -0.05) is 25.9 Å². The first kappa shape index (κ1) is 12.7.